The summed E-state index contributed by atoms with van der Waals surface area (Å²) in [7, 11) is 1.67. The SMILES string of the molecule is CCC1CN=C(c2cc3cc(Oc4ccc(SC)nc4)cc(OC)c3[nH]2)S1.O=CNC1CC1. The third-order valence-electron chi connectivity index (χ3n) is 5.32. The molecule has 1 fully saturated rings. The van der Waals surface area contributed by atoms with Crippen LogP contribution in [-0.4, -0.2) is 52.6 Å². The molecule has 0 spiro atoms. The summed E-state index contributed by atoms with van der Waals surface area (Å²) in [6, 6.07) is 10.4. The van der Waals surface area contributed by atoms with E-state index in [0.717, 1.165) is 57.5 Å². The van der Waals surface area contributed by atoms with Gasteiger partial charge in [-0.05, 0) is 49.8 Å². The van der Waals surface area contributed by atoms with Gasteiger partial charge in [0.15, 0.2) is 0 Å². The van der Waals surface area contributed by atoms with Gasteiger partial charge in [-0.25, -0.2) is 4.98 Å². The summed E-state index contributed by atoms with van der Waals surface area (Å²) in [6.45, 7) is 3.09. The standard InChI is InChI=1S/C20H21N3O2S2.C4H7NO/c1-4-15-11-22-20(27-15)16-8-12-7-14(9-17(24-2)19(12)23-16)25-13-5-6-18(26-3)21-10-13;6-3-5-4-1-2-4/h5-10,15,23H,4,11H2,1-3H3;3-4H,1-2H2,(H,5,6). The van der Waals surface area contributed by atoms with E-state index in [2.05, 4.69) is 33.3 Å². The van der Waals surface area contributed by atoms with Crippen LogP contribution in [0.5, 0.6) is 17.2 Å². The number of aliphatic imine (C=N–C) groups is 1. The van der Waals surface area contributed by atoms with E-state index in [1.165, 1.54) is 12.8 Å². The van der Waals surface area contributed by atoms with Crippen LogP contribution in [0.4, 0.5) is 0 Å². The maximum Gasteiger partial charge on any atom is 0.207 e. The second-order valence-electron chi connectivity index (χ2n) is 7.76. The number of carbonyl (C=O) groups excluding carboxylic acids is 1. The number of nitrogens with zero attached hydrogens (tertiary/aromatic N) is 2. The molecule has 0 radical (unpaired) electrons. The van der Waals surface area contributed by atoms with Crippen LogP contribution in [0.3, 0.4) is 0 Å². The third-order valence-corrected chi connectivity index (χ3v) is 7.37. The van der Waals surface area contributed by atoms with Gasteiger partial charge in [0, 0.05) is 22.7 Å². The Morgan fingerprint density at radius 3 is 2.70 bits per heavy atom. The smallest absolute Gasteiger partial charge is 0.207 e. The molecule has 7 nitrogen and oxygen atoms in total. The number of methoxy groups -OCH3 is 1. The van der Waals surface area contributed by atoms with Gasteiger partial charge >= 0.3 is 0 Å². The number of carbonyl (C=O) groups is 1. The number of hydrogen-bond donors (Lipinski definition) is 2. The summed E-state index contributed by atoms with van der Waals surface area (Å²) in [5, 5.41) is 6.28. The first kappa shape index (κ1) is 23.5. The number of aromatic nitrogens is 2. The first-order valence-corrected chi connectivity index (χ1v) is 13.0. The molecule has 2 aliphatic rings. The van der Waals surface area contributed by atoms with Gasteiger partial charge in [-0.3, -0.25) is 9.79 Å². The molecule has 1 saturated carbocycles. The topological polar surface area (TPSA) is 88.6 Å². The van der Waals surface area contributed by atoms with E-state index >= 15 is 0 Å². The molecular formula is C24H28N4O3S2. The first-order chi connectivity index (χ1) is 16.1. The maximum atomic E-state index is 9.54. The van der Waals surface area contributed by atoms with Crippen molar-refractivity contribution < 1.29 is 14.3 Å². The van der Waals surface area contributed by atoms with Crippen LogP contribution in [0.15, 0.2) is 46.5 Å². The van der Waals surface area contributed by atoms with Crippen molar-refractivity contribution >= 4 is 45.9 Å². The summed E-state index contributed by atoms with van der Waals surface area (Å²) < 4.78 is 11.6. The molecule has 174 valence electrons. The molecule has 33 heavy (non-hydrogen) atoms. The van der Waals surface area contributed by atoms with E-state index in [9.17, 15) is 4.79 Å². The fourth-order valence-corrected chi connectivity index (χ4v) is 4.71. The molecule has 0 saturated heterocycles. The number of rotatable bonds is 8. The molecule has 3 heterocycles. The van der Waals surface area contributed by atoms with E-state index in [1.807, 2.05) is 42.3 Å². The largest absolute Gasteiger partial charge is 0.494 e. The number of nitrogens with one attached hydrogen (secondary N) is 2. The highest BCUT2D eigenvalue weighted by atomic mass is 32.2. The van der Waals surface area contributed by atoms with Crippen molar-refractivity contribution in [1.29, 1.82) is 0 Å². The molecule has 1 aromatic carbocycles. The number of fused-ring (bicyclic) bond motifs is 1. The summed E-state index contributed by atoms with van der Waals surface area (Å²) in [5.74, 6) is 2.17. The van der Waals surface area contributed by atoms with E-state index in [0.29, 0.717) is 17.0 Å². The van der Waals surface area contributed by atoms with Gasteiger partial charge in [0.2, 0.25) is 6.41 Å². The van der Waals surface area contributed by atoms with Gasteiger partial charge in [-0.2, -0.15) is 0 Å². The number of pyridine rings is 1. The van der Waals surface area contributed by atoms with E-state index < -0.39 is 0 Å². The molecule has 3 aromatic rings. The van der Waals surface area contributed by atoms with Crippen LogP contribution >= 0.6 is 23.5 Å². The Hall–Kier alpha value is -2.65. The van der Waals surface area contributed by atoms with E-state index in [4.69, 9.17) is 9.47 Å². The van der Waals surface area contributed by atoms with Crippen molar-refractivity contribution in [3.8, 4) is 17.2 Å². The van der Waals surface area contributed by atoms with Crippen molar-refractivity contribution in [2.24, 2.45) is 4.99 Å². The van der Waals surface area contributed by atoms with Gasteiger partial charge in [0.1, 0.15) is 22.3 Å². The lowest BCUT2D eigenvalue weighted by Crippen LogP contribution is -2.11. The minimum absolute atomic E-state index is 0.530. The van der Waals surface area contributed by atoms with E-state index in [1.54, 1.807) is 25.1 Å². The lowest BCUT2D eigenvalue weighted by molar-refractivity contribution is -0.109. The summed E-state index contributed by atoms with van der Waals surface area (Å²) in [4.78, 5) is 22.0. The number of ether oxygens (including phenoxy) is 2. The van der Waals surface area contributed by atoms with Crippen LogP contribution < -0.4 is 14.8 Å². The number of benzene rings is 1. The van der Waals surface area contributed by atoms with Crippen molar-refractivity contribution in [2.45, 2.75) is 42.5 Å². The lowest BCUT2D eigenvalue weighted by atomic mass is 10.2. The molecule has 1 aliphatic heterocycles. The number of amides is 1. The Morgan fingerprint density at radius 2 is 2.12 bits per heavy atom. The highest BCUT2D eigenvalue weighted by molar-refractivity contribution is 8.15. The fourth-order valence-electron chi connectivity index (χ4n) is 3.33. The number of hydrogen-bond acceptors (Lipinski definition) is 7. The Kier molecular flexibility index (Phi) is 7.82. The molecule has 2 aromatic heterocycles. The molecular weight excluding hydrogens is 456 g/mol. The highest BCUT2D eigenvalue weighted by Gasteiger charge is 2.21. The highest BCUT2D eigenvalue weighted by Crippen LogP contribution is 2.36. The normalized spacial score (nSPS) is 17.2. The minimum atomic E-state index is 0.530. The predicted molar refractivity (Wildman–Crippen MR) is 136 cm³/mol. The first-order valence-electron chi connectivity index (χ1n) is 10.9. The van der Waals surface area contributed by atoms with Crippen LogP contribution in [-0.2, 0) is 4.79 Å². The van der Waals surface area contributed by atoms with Crippen molar-refractivity contribution in [2.75, 3.05) is 19.9 Å². The Labute approximate surface area is 202 Å². The third kappa shape index (κ3) is 6.03. The second-order valence-corrected chi connectivity index (χ2v) is 9.88. The fraction of sp³-hybridized carbons (Fsp3) is 0.375. The van der Waals surface area contributed by atoms with E-state index in [-0.39, 0.29) is 0 Å². The van der Waals surface area contributed by atoms with Gasteiger partial charge in [-0.15, -0.1) is 11.8 Å². The number of aromatic amines is 1. The summed E-state index contributed by atoms with van der Waals surface area (Å²) in [5.41, 5.74) is 1.99. The molecule has 5 rings (SSSR count). The van der Waals surface area contributed by atoms with Crippen LogP contribution in [0.1, 0.15) is 31.9 Å². The van der Waals surface area contributed by atoms with Gasteiger partial charge in [-0.1, -0.05) is 18.7 Å². The number of thioether (sulfide) groups is 2. The zero-order chi connectivity index (χ0) is 23.2. The van der Waals surface area contributed by atoms with Crippen molar-refractivity contribution in [1.82, 2.24) is 15.3 Å². The van der Waals surface area contributed by atoms with Crippen LogP contribution in [0.25, 0.3) is 10.9 Å². The molecule has 9 heteroatoms. The second kappa shape index (κ2) is 11.0. The van der Waals surface area contributed by atoms with Crippen molar-refractivity contribution in [3.63, 3.8) is 0 Å². The Balaban J connectivity index is 0.000000376. The maximum absolute atomic E-state index is 9.54. The average molecular weight is 485 g/mol. The molecule has 1 aliphatic carbocycles. The zero-order valence-corrected chi connectivity index (χ0v) is 20.6. The predicted octanol–water partition coefficient (Wildman–Crippen LogP) is 5.25. The van der Waals surface area contributed by atoms with Gasteiger partial charge in [0.05, 0.1) is 36.1 Å². The Bertz CT molecular complexity index is 1130. The summed E-state index contributed by atoms with van der Waals surface area (Å²) in [6.07, 6.45) is 7.98. The van der Waals surface area contributed by atoms with Crippen LogP contribution in [0.2, 0.25) is 0 Å². The quantitative estimate of drug-likeness (QED) is 0.335. The lowest BCUT2D eigenvalue weighted by Gasteiger charge is -2.08. The average Bonchev–Trinajstić information content (AvgIpc) is 3.35. The molecule has 1 atom stereocenters. The van der Waals surface area contributed by atoms with Gasteiger partial charge < -0.3 is 19.8 Å². The number of H-pyrrole nitrogens is 1. The molecule has 1 amide bonds. The van der Waals surface area contributed by atoms with Gasteiger partial charge in [0.25, 0.3) is 0 Å². The zero-order valence-electron chi connectivity index (χ0n) is 19.0. The summed E-state index contributed by atoms with van der Waals surface area (Å²) >= 11 is 3.44. The minimum Gasteiger partial charge on any atom is -0.494 e. The monoisotopic (exact) mass is 484 g/mol. The van der Waals surface area contributed by atoms with Crippen molar-refractivity contribution in [3.05, 3.63) is 42.2 Å². The molecule has 1 unspecified atom stereocenters. The molecule has 0 bridgehead atoms. The molecule has 2 N–H and O–H groups in total. The van der Waals surface area contributed by atoms with Crippen LogP contribution in [0, 0.1) is 0 Å². The Morgan fingerprint density at radius 1 is 1.27 bits per heavy atom.